The standard InChI is InChI=1S/C20H24FNO2/c1-24-20(23)7-3-4-15-8-11-17(12-9-15)19(22)13-10-16-5-2-6-18(21)14-16/h2,5-6,8-9,11-12,14,19H,3-4,7,10,13,22H2,1H3. The molecule has 0 amide bonds. The van der Waals surface area contributed by atoms with Crippen LogP contribution in [0, 0.1) is 5.82 Å². The van der Waals surface area contributed by atoms with Crippen LogP contribution < -0.4 is 5.73 Å². The molecule has 1 atom stereocenters. The lowest BCUT2D eigenvalue weighted by Crippen LogP contribution is -2.11. The second kappa shape index (κ2) is 9.18. The number of nitrogens with two attached hydrogens (primary N) is 1. The highest BCUT2D eigenvalue weighted by Crippen LogP contribution is 2.18. The third-order valence-electron chi connectivity index (χ3n) is 4.11. The molecule has 24 heavy (non-hydrogen) atoms. The number of halogens is 1. The van der Waals surface area contributed by atoms with Gasteiger partial charge in [-0.25, -0.2) is 4.39 Å². The molecule has 0 radical (unpaired) electrons. The molecule has 0 aliphatic heterocycles. The molecule has 0 saturated heterocycles. The maximum atomic E-state index is 13.2. The maximum Gasteiger partial charge on any atom is 0.305 e. The van der Waals surface area contributed by atoms with Gasteiger partial charge in [-0.05, 0) is 54.5 Å². The van der Waals surface area contributed by atoms with E-state index in [0.29, 0.717) is 6.42 Å². The minimum absolute atomic E-state index is 0.0719. The number of hydrogen-bond donors (Lipinski definition) is 1. The molecule has 2 rings (SSSR count). The molecule has 0 saturated carbocycles. The molecule has 4 heteroatoms. The third-order valence-corrected chi connectivity index (χ3v) is 4.11. The van der Waals surface area contributed by atoms with Gasteiger partial charge in [0.15, 0.2) is 0 Å². The highest BCUT2D eigenvalue weighted by molar-refractivity contribution is 5.69. The fraction of sp³-hybridized carbons (Fsp3) is 0.350. The summed E-state index contributed by atoms with van der Waals surface area (Å²) >= 11 is 0. The first-order valence-corrected chi connectivity index (χ1v) is 8.24. The van der Waals surface area contributed by atoms with Crippen LogP contribution in [0.5, 0.6) is 0 Å². The zero-order valence-corrected chi connectivity index (χ0v) is 14.0. The molecule has 0 aliphatic carbocycles. The van der Waals surface area contributed by atoms with Crippen molar-refractivity contribution < 1.29 is 13.9 Å². The lowest BCUT2D eigenvalue weighted by atomic mass is 9.98. The van der Waals surface area contributed by atoms with Crippen LogP contribution in [0.3, 0.4) is 0 Å². The summed E-state index contributed by atoms with van der Waals surface area (Å²) < 4.78 is 17.8. The number of hydrogen-bond acceptors (Lipinski definition) is 3. The first-order chi connectivity index (χ1) is 11.6. The van der Waals surface area contributed by atoms with E-state index in [1.807, 2.05) is 18.2 Å². The highest BCUT2D eigenvalue weighted by atomic mass is 19.1. The molecular formula is C20H24FNO2. The van der Waals surface area contributed by atoms with Crippen molar-refractivity contribution in [2.45, 2.75) is 38.1 Å². The van der Waals surface area contributed by atoms with Crippen molar-refractivity contribution in [1.82, 2.24) is 0 Å². The van der Waals surface area contributed by atoms with Crippen LogP contribution in [-0.2, 0) is 22.4 Å². The Kier molecular flexibility index (Phi) is 6.94. The molecule has 2 N–H and O–H groups in total. The summed E-state index contributed by atoms with van der Waals surface area (Å²) in [6.45, 7) is 0. The number of rotatable bonds is 8. The van der Waals surface area contributed by atoms with Gasteiger partial charge in [-0.3, -0.25) is 4.79 Å². The summed E-state index contributed by atoms with van der Waals surface area (Å²) in [6, 6.07) is 14.7. The van der Waals surface area contributed by atoms with Crippen LogP contribution in [-0.4, -0.2) is 13.1 Å². The molecule has 2 aromatic rings. The summed E-state index contributed by atoms with van der Waals surface area (Å²) in [4.78, 5) is 11.1. The number of aryl methyl sites for hydroxylation is 2. The summed E-state index contributed by atoms with van der Waals surface area (Å²) in [7, 11) is 1.41. The van der Waals surface area contributed by atoms with E-state index in [4.69, 9.17) is 5.73 Å². The van der Waals surface area contributed by atoms with Crippen molar-refractivity contribution in [3.05, 3.63) is 71.0 Å². The Morgan fingerprint density at radius 2 is 1.88 bits per heavy atom. The first kappa shape index (κ1) is 18.1. The smallest absolute Gasteiger partial charge is 0.305 e. The molecule has 1 unspecified atom stereocenters. The Morgan fingerprint density at radius 3 is 2.54 bits per heavy atom. The van der Waals surface area contributed by atoms with Crippen molar-refractivity contribution in [1.29, 1.82) is 0 Å². The van der Waals surface area contributed by atoms with Gasteiger partial charge >= 0.3 is 5.97 Å². The lowest BCUT2D eigenvalue weighted by Gasteiger charge is -2.13. The Labute approximate surface area is 142 Å². The van der Waals surface area contributed by atoms with Crippen LogP contribution in [0.15, 0.2) is 48.5 Å². The van der Waals surface area contributed by atoms with Gasteiger partial charge < -0.3 is 10.5 Å². The monoisotopic (exact) mass is 329 g/mol. The van der Waals surface area contributed by atoms with Gasteiger partial charge in [-0.2, -0.15) is 0 Å². The second-order valence-electron chi connectivity index (χ2n) is 5.95. The van der Waals surface area contributed by atoms with Gasteiger partial charge in [0.05, 0.1) is 7.11 Å². The second-order valence-corrected chi connectivity index (χ2v) is 5.95. The Hall–Kier alpha value is -2.20. The normalized spacial score (nSPS) is 12.0. The zero-order valence-electron chi connectivity index (χ0n) is 14.0. The maximum absolute atomic E-state index is 13.2. The van der Waals surface area contributed by atoms with Crippen LogP contribution in [0.25, 0.3) is 0 Å². The van der Waals surface area contributed by atoms with Crippen molar-refractivity contribution in [3.63, 3.8) is 0 Å². The number of ether oxygens (including phenoxy) is 1. The zero-order chi connectivity index (χ0) is 17.4. The highest BCUT2D eigenvalue weighted by Gasteiger charge is 2.07. The molecule has 0 spiro atoms. The average Bonchev–Trinajstić information content (AvgIpc) is 2.60. The van der Waals surface area contributed by atoms with Crippen LogP contribution in [0.4, 0.5) is 4.39 Å². The van der Waals surface area contributed by atoms with Gasteiger partial charge in [0, 0.05) is 12.5 Å². The largest absolute Gasteiger partial charge is 0.469 e. The fourth-order valence-corrected chi connectivity index (χ4v) is 2.65. The van der Waals surface area contributed by atoms with E-state index in [2.05, 4.69) is 16.9 Å². The Bertz CT molecular complexity index is 655. The number of methoxy groups -OCH3 is 1. The van der Waals surface area contributed by atoms with E-state index in [-0.39, 0.29) is 17.8 Å². The molecule has 2 aromatic carbocycles. The summed E-state index contributed by atoms with van der Waals surface area (Å²) in [5.74, 6) is -0.386. The number of carbonyl (C=O) groups is 1. The minimum Gasteiger partial charge on any atom is -0.469 e. The minimum atomic E-state index is -0.211. The number of carbonyl (C=O) groups excluding carboxylic acids is 1. The van der Waals surface area contributed by atoms with Gasteiger partial charge in [-0.1, -0.05) is 36.4 Å². The predicted octanol–water partition coefficient (Wildman–Crippen LogP) is 3.95. The Balaban J connectivity index is 1.82. The quantitative estimate of drug-likeness (QED) is 0.746. The van der Waals surface area contributed by atoms with Crippen molar-refractivity contribution in [2.24, 2.45) is 5.73 Å². The summed E-state index contributed by atoms with van der Waals surface area (Å²) in [5.41, 5.74) is 9.45. The number of esters is 1. The molecule has 0 aliphatic rings. The van der Waals surface area contributed by atoms with Crippen molar-refractivity contribution in [2.75, 3.05) is 7.11 Å². The molecule has 3 nitrogen and oxygen atoms in total. The Morgan fingerprint density at radius 1 is 1.12 bits per heavy atom. The van der Waals surface area contributed by atoms with E-state index in [0.717, 1.165) is 36.8 Å². The van der Waals surface area contributed by atoms with E-state index in [9.17, 15) is 9.18 Å². The van der Waals surface area contributed by atoms with Gasteiger partial charge in [0.2, 0.25) is 0 Å². The molecule has 0 aromatic heterocycles. The van der Waals surface area contributed by atoms with E-state index >= 15 is 0 Å². The van der Waals surface area contributed by atoms with Crippen LogP contribution in [0.2, 0.25) is 0 Å². The summed E-state index contributed by atoms with van der Waals surface area (Å²) in [5, 5.41) is 0. The van der Waals surface area contributed by atoms with Crippen LogP contribution >= 0.6 is 0 Å². The topological polar surface area (TPSA) is 52.3 Å². The number of benzene rings is 2. The van der Waals surface area contributed by atoms with E-state index in [1.54, 1.807) is 12.1 Å². The average molecular weight is 329 g/mol. The van der Waals surface area contributed by atoms with Gasteiger partial charge in [0.25, 0.3) is 0 Å². The van der Waals surface area contributed by atoms with Gasteiger partial charge in [0.1, 0.15) is 5.82 Å². The van der Waals surface area contributed by atoms with Crippen molar-refractivity contribution >= 4 is 5.97 Å². The molecular weight excluding hydrogens is 305 g/mol. The molecule has 0 fully saturated rings. The van der Waals surface area contributed by atoms with E-state index < -0.39 is 0 Å². The SMILES string of the molecule is COC(=O)CCCc1ccc(C(N)CCc2cccc(F)c2)cc1. The third kappa shape index (κ3) is 5.78. The van der Waals surface area contributed by atoms with Crippen molar-refractivity contribution in [3.8, 4) is 0 Å². The van der Waals surface area contributed by atoms with Crippen LogP contribution in [0.1, 0.15) is 42.0 Å². The molecule has 0 bridgehead atoms. The first-order valence-electron chi connectivity index (χ1n) is 8.24. The predicted molar refractivity (Wildman–Crippen MR) is 93.0 cm³/mol. The molecule has 128 valence electrons. The van der Waals surface area contributed by atoms with Gasteiger partial charge in [-0.15, -0.1) is 0 Å². The lowest BCUT2D eigenvalue weighted by molar-refractivity contribution is -0.140. The molecule has 0 heterocycles. The fourth-order valence-electron chi connectivity index (χ4n) is 2.65. The summed E-state index contributed by atoms with van der Waals surface area (Å²) in [6.07, 6.45) is 3.57. The van der Waals surface area contributed by atoms with E-state index in [1.165, 1.54) is 18.7 Å².